The third kappa shape index (κ3) is 4.51. The SMILES string of the molecule is C/C=C(/C)CCN(C)S(C)(=O)=O. The maximum atomic E-state index is 10.9. The van der Waals surface area contributed by atoms with Gasteiger partial charge in [0.1, 0.15) is 0 Å². The average molecular weight is 191 g/mol. The van der Waals surface area contributed by atoms with Crippen molar-refractivity contribution in [2.75, 3.05) is 19.8 Å². The number of hydrogen-bond donors (Lipinski definition) is 0. The molecule has 0 aliphatic carbocycles. The molecule has 0 heterocycles. The van der Waals surface area contributed by atoms with Crippen LogP contribution in [0.1, 0.15) is 20.3 Å². The van der Waals surface area contributed by atoms with Gasteiger partial charge in [-0.05, 0) is 20.3 Å². The van der Waals surface area contributed by atoms with Gasteiger partial charge in [0.25, 0.3) is 0 Å². The first kappa shape index (κ1) is 11.6. The van der Waals surface area contributed by atoms with E-state index in [-0.39, 0.29) is 0 Å². The van der Waals surface area contributed by atoms with Gasteiger partial charge in [-0.3, -0.25) is 0 Å². The molecule has 0 fully saturated rings. The third-order valence-electron chi connectivity index (χ3n) is 1.88. The lowest BCUT2D eigenvalue weighted by atomic mass is 10.2. The van der Waals surface area contributed by atoms with Gasteiger partial charge in [0.15, 0.2) is 0 Å². The fourth-order valence-corrected chi connectivity index (χ4v) is 1.07. The van der Waals surface area contributed by atoms with Gasteiger partial charge in [-0.1, -0.05) is 11.6 Å². The molecule has 0 aromatic heterocycles. The summed E-state index contributed by atoms with van der Waals surface area (Å²) in [5.74, 6) is 0. The van der Waals surface area contributed by atoms with E-state index in [1.807, 2.05) is 19.9 Å². The predicted molar refractivity (Wildman–Crippen MR) is 51.5 cm³/mol. The summed E-state index contributed by atoms with van der Waals surface area (Å²) in [7, 11) is -1.41. The zero-order chi connectivity index (χ0) is 9.78. The van der Waals surface area contributed by atoms with E-state index < -0.39 is 10.0 Å². The molecule has 72 valence electrons. The number of allylic oxidation sites excluding steroid dienone is 1. The Morgan fingerprint density at radius 2 is 2.00 bits per heavy atom. The summed E-state index contributed by atoms with van der Waals surface area (Å²) in [5.41, 5.74) is 1.21. The minimum absolute atomic E-state index is 0.564. The Hall–Kier alpha value is -0.350. The first-order chi connectivity index (χ1) is 5.38. The standard InChI is InChI=1S/C8H17NO2S/c1-5-8(2)6-7-9(3)12(4,10)11/h5H,6-7H2,1-4H3/b8-5-. The molecule has 0 saturated heterocycles. The molecule has 0 atom stereocenters. The Labute approximate surface area is 75.1 Å². The van der Waals surface area contributed by atoms with Crippen LogP contribution in [0.3, 0.4) is 0 Å². The topological polar surface area (TPSA) is 37.4 Å². The summed E-state index contributed by atoms with van der Waals surface area (Å²) < 4.78 is 23.2. The summed E-state index contributed by atoms with van der Waals surface area (Å²) in [4.78, 5) is 0. The first-order valence-corrected chi connectivity index (χ1v) is 5.76. The van der Waals surface area contributed by atoms with Crippen LogP contribution in [0.4, 0.5) is 0 Å². The van der Waals surface area contributed by atoms with Crippen molar-refractivity contribution in [3.05, 3.63) is 11.6 Å². The van der Waals surface area contributed by atoms with Gasteiger partial charge in [-0.25, -0.2) is 12.7 Å². The zero-order valence-corrected chi connectivity index (χ0v) is 8.98. The predicted octanol–water partition coefficient (Wildman–Crippen LogP) is 1.23. The van der Waals surface area contributed by atoms with Crippen LogP contribution in [0, 0.1) is 0 Å². The molecule has 0 radical (unpaired) electrons. The van der Waals surface area contributed by atoms with E-state index in [9.17, 15) is 8.42 Å². The smallest absolute Gasteiger partial charge is 0.210 e. The molecule has 0 aliphatic heterocycles. The molecule has 0 amide bonds. The van der Waals surface area contributed by atoms with Gasteiger partial charge < -0.3 is 0 Å². The average Bonchev–Trinajstić information content (AvgIpc) is 1.97. The van der Waals surface area contributed by atoms with E-state index >= 15 is 0 Å². The van der Waals surface area contributed by atoms with E-state index in [4.69, 9.17) is 0 Å². The molecular formula is C8H17NO2S. The summed E-state index contributed by atoms with van der Waals surface area (Å²) >= 11 is 0. The van der Waals surface area contributed by atoms with Crippen LogP contribution in [0.15, 0.2) is 11.6 Å². The molecule has 0 saturated carbocycles. The molecule has 0 aromatic rings. The summed E-state index contributed by atoms with van der Waals surface area (Å²) in [6.45, 7) is 4.51. The second-order valence-corrected chi connectivity index (χ2v) is 5.06. The highest BCUT2D eigenvalue weighted by Gasteiger charge is 2.09. The van der Waals surface area contributed by atoms with Crippen LogP contribution >= 0.6 is 0 Å². The molecule has 12 heavy (non-hydrogen) atoms. The maximum absolute atomic E-state index is 10.9. The highest BCUT2D eigenvalue weighted by molar-refractivity contribution is 7.88. The highest BCUT2D eigenvalue weighted by atomic mass is 32.2. The molecule has 0 N–H and O–H groups in total. The molecule has 0 spiro atoms. The number of nitrogens with zero attached hydrogens (tertiary/aromatic N) is 1. The zero-order valence-electron chi connectivity index (χ0n) is 8.16. The molecule has 0 aromatic carbocycles. The van der Waals surface area contributed by atoms with Gasteiger partial charge in [-0.15, -0.1) is 0 Å². The van der Waals surface area contributed by atoms with Crippen LogP contribution in [0.5, 0.6) is 0 Å². The van der Waals surface area contributed by atoms with Crippen molar-refractivity contribution in [1.29, 1.82) is 0 Å². The van der Waals surface area contributed by atoms with Crippen LogP contribution in [0.25, 0.3) is 0 Å². The second kappa shape index (κ2) is 4.62. The summed E-state index contributed by atoms with van der Waals surface area (Å²) in [6, 6.07) is 0. The maximum Gasteiger partial charge on any atom is 0.210 e. The highest BCUT2D eigenvalue weighted by Crippen LogP contribution is 2.02. The normalized spacial score (nSPS) is 13.9. The Morgan fingerprint density at radius 1 is 1.50 bits per heavy atom. The summed E-state index contributed by atoms with van der Waals surface area (Å²) in [5, 5.41) is 0. The number of hydrogen-bond acceptors (Lipinski definition) is 2. The minimum atomic E-state index is -3.00. The third-order valence-corrected chi connectivity index (χ3v) is 3.19. The van der Waals surface area contributed by atoms with E-state index in [0.29, 0.717) is 6.54 Å². The van der Waals surface area contributed by atoms with Gasteiger partial charge in [0.05, 0.1) is 6.26 Å². The van der Waals surface area contributed by atoms with E-state index in [1.54, 1.807) is 7.05 Å². The molecule has 0 unspecified atom stereocenters. The van der Waals surface area contributed by atoms with Gasteiger partial charge in [0, 0.05) is 13.6 Å². The fraction of sp³-hybridized carbons (Fsp3) is 0.750. The van der Waals surface area contributed by atoms with Crippen LogP contribution in [-0.4, -0.2) is 32.6 Å². The van der Waals surface area contributed by atoms with Gasteiger partial charge in [0.2, 0.25) is 10.0 Å². The lowest BCUT2D eigenvalue weighted by Crippen LogP contribution is -2.26. The quantitative estimate of drug-likeness (QED) is 0.627. The van der Waals surface area contributed by atoms with Crippen LogP contribution in [0.2, 0.25) is 0 Å². The lowest BCUT2D eigenvalue weighted by Gasteiger charge is -2.13. The molecule has 0 aliphatic rings. The van der Waals surface area contributed by atoms with Crippen molar-refractivity contribution in [3.63, 3.8) is 0 Å². The van der Waals surface area contributed by atoms with Crippen LogP contribution in [-0.2, 0) is 10.0 Å². The van der Waals surface area contributed by atoms with Crippen molar-refractivity contribution in [2.24, 2.45) is 0 Å². The van der Waals surface area contributed by atoms with Crippen molar-refractivity contribution >= 4 is 10.0 Å². The van der Waals surface area contributed by atoms with E-state index in [0.717, 1.165) is 6.42 Å². The molecule has 0 rings (SSSR count). The molecular weight excluding hydrogens is 174 g/mol. The number of sulfonamides is 1. The van der Waals surface area contributed by atoms with E-state index in [1.165, 1.54) is 16.1 Å². The Bertz CT molecular complexity index is 254. The van der Waals surface area contributed by atoms with Crippen molar-refractivity contribution < 1.29 is 8.42 Å². The minimum Gasteiger partial charge on any atom is -0.213 e. The fourth-order valence-electron chi connectivity index (χ4n) is 0.644. The Kier molecular flexibility index (Phi) is 4.49. The molecule has 0 bridgehead atoms. The lowest BCUT2D eigenvalue weighted by molar-refractivity contribution is 0.477. The first-order valence-electron chi connectivity index (χ1n) is 3.91. The second-order valence-electron chi connectivity index (χ2n) is 2.97. The Morgan fingerprint density at radius 3 is 2.33 bits per heavy atom. The van der Waals surface area contributed by atoms with Crippen molar-refractivity contribution in [1.82, 2.24) is 4.31 Å². The van der Waals surface area contributed by atoms with Crippen molar-refractivity contribution in [3.8, 4) is 0 Å². The van der Waals surface area contributed by atoms with E-state index in [2.05, 4.69) is 0 Å². The van der Waals surface area contributed by atoms with Gasteiger partial charge in [-0.2, -0.15) is 0 Å². The monoisotopic (exact) mass is 191 g/mol. The Balaban J connectivity index is 3.97. The molecule has 3 nitrogen and oxygen atoms in total. The largest absolute Gasteiger partial charge is 0.213 e. The van der Waals surface area contributed by atoms with Gasteiger partial charge >= 0.3 is 0 Å². The molecule has 4 heteroatoms. The number of rotatable bonds is 4. The summed E-state index contributed by atoms with van der Waals surface area (Å²) in [6.07, 6.45) is 4.02. The van der Waals surface area contributed by atoms with Crippen molar-refractivity contribution in [2.45, 2.75) is 20.3 Å². The van der Waals surface area contributed by atoms with Crippen LogP contribution < -0.4 is 0 Å².